The van der Waals surface area contributed by atoms with Gasteiger partial charge in [-0.15, -0.1) is 0 Å². The zero-order valence-electron chi connectivity index (χ0n) is 12.5. The van der Waals surface area contributed by atoms with Crippen LogP contribution in [-0.2, 0) is 21.3 Å². The van der Waals surface area contributed by atoms with Crippen LogP contribution in [0.5, 0.6) is 0 Å². The van der Waals surface area contributed by atoms with Gasteiger partial charge in [-0.25, -0.2) is 13.1 Å². The quantitative estimate of drug-likeness (QED) is 0.719. The number of sulfonamides is 1. The van der Waals surface area contributed by atoms with Crippen LogP contribution >= 0.6 is 0 Å². The molecule has 20 heavy (non-hydrogen) atoms. The van der Waals surface area contributed by atoms with Gasteiger partial charge < -0.3 is 14.5 Å². The lowest BCUT2D eigenvalue weighted by molar-refractivity contribution is 0.161. The fourth-order valence-electron chi connectivity index (χ4n) is 1.57. The molecule has 1 heterocycles. The molecule has 0 aliphatic heterocycles. The Hall–Kier alpha value is -0.890. The highest BCUT2D eigenvalue weighted by atomic mass is 32.2. The molecule has 1 unspecified atom stereocenters. The number of furan rings is 1. The van der Waals surface area contributed by atoms with Crippen LogP contribution in [0.4, 0.5) is 0 Å². The van der Waals surface area contributed by atoms with Gasteiger partial charge in [-0.05, 0) is 18.1 Å². The molecule has 0 amide bonds. The summed E-state index contributed by atoms with van der Waals surface area (Å²) in [6, 6.07) is 3.46. The fraction of sp³-hybridized carbons (Fsp3) is 0.692. The highest BCUT2D eigenvalue weighted by Crippen LogP contribution is 2.14. The van der Waals surface area contributed by atoms with Crippen molar-refractivity contribution in [3.05, 3.63) is 17.9 Å². The van der Waals surface area contributed by atoms with E-state index in [4.69, 9.17) is 9.15 Å². The van der Waals surface area contributed by atoms with E-state index >= 15 is 0 Å². The molecule has 0 aliphatic carbocycles. The smallest absolute Gasteiger partial charge is 0.273 e. The third-order valence-electron chi connectivity index (χ3n) is 2.66. The third kappa shape index (κ3) is 5.62. The normalized spacial score (nSPS) is 13.8. The van der Waals surface area contributed by atoms with E-state index in [9.17, 15) is 8.42 Å². The van der Waals surface area contributed by atoms with E-state index in [0.717, 1.165) is 0 Å². The van der Waals surface area contributed by atoms with Crippen molar-refractivity contribution < 1.29 is 17.6 Å². The number of hydrogen-bond acceptors (Lipinski definition) is 5. The van der Waals surface area contributed by atoms with Gasteiger partial charge in [0.25, 0.3) is 10.0 Å². The monoisotopic (exact) mass is 304 g/mol. The molecule has 0 bridgehead atoms. The standard InChI is InChI=1S/C13H24N2O4S/c1-10(2)14-8-12-5-6-13(19-12)20(16,17)15-7-11(3)9-18-4/h5-6,10-11,14-15H,7-9H2,1-4H3. The van der Waals surface area contributed by atoms with E-state index in [2.05, 4.69) is 10.0 Å². The van der Waals surface area contributed by atoms with Crippen LogP contribution in [0.1, 0.15) is 26.5 Å². The summed E-state index contributed by atoms with van der Waals surface area (Å²) in [7, 11) is -2.00. The summed E-state index contributed by atoms with van der Waals surface area (Å²) in [5.74, 6) is 0.704. The Labute approximate surface area is 120 Å². The van der Waals surface area contributed by atoms with E-state index < -0.39 is 10.0 Å². The molecular formula is C13H24N2O4S. The van der Waals surface area contributed by atoms with Crippen molar-refractivity contribution in [2.45, 2.75) is 38.5 Å². The first-order chi connectivity index (χ1) is 9.35. The van der Waals surface area contributed by atoms with E-state index in [1.54, 1.807) is 13.2 Å². The molecule has 0 fully saturated rings. The Morgan fingerprint density at radius 1 is 1.30 bits per heavy atom. The lowest BCUT2D eigenvalue weighted by atomic mass is 10.2. The van der Waals surface area contributed by atoms with Crippen molar-refractivity contribution in [1.29, 1.82) is 0 Å². The van der Waals surface area contributed by atoms with Gasteiger partial charge in [0.05, 0.1) is 6.54 Å². The summed E-state index contributed by atoms with van der Waals surface area (Å²) >= 11 is 0. The Balaban J connectivity index is 2.59. The van der Waals surface area contributed by atoms with Crippen molar-refractivity contribution in [2.75, 3.05) is 20.3 Å². The van der Waals surface area contributed by atoms with E-state index in [0.29, 0.717) is 31.5 Å². The van der Waals surface area contributed by atoms with E-state index in [-0.39, 0.29) is 11.0 Å². The predicted octanol–water partition coefficient (Wildman–Crippen LogP) is 1.34. The van der Waals surface area contributed by atoms with Crippen molar-refractivity contribution in [1.82, 2.24) is 10.0 Å². The summed E-state index contributed by atoms with van der Waals surface area (Å²) in [4.78, 5) is 0. The molecule has 0 saturated carbocycles. The van der Waals surface area contributed by atoms with Crippen LogP contribution < -0.4 is 10.0 Å². The largest absolute Gasteiger partial charge is 0.447 e. The summed E-state index contributed by atoms with van der Waals surface area (Å²) in [5, 5.41) is 3.11. The molecule has 6 nitrogen and oxygen atoms in total. The van der Waals surface area contributed by atoms with Crippen molar-refractivity contribution in [3.63, 3.8) is 0 Å². The zero-order chi connectivity index (χ0) is 15.2. The first kappa shape index (κ1) is 17.2. The molecule has 0 radical (unpaired) electrons. The minimum atomic E-state index is -3.59. The lowest BCUT2D eigenvalue weighted by Crippen LogP contribution is -2.29. The molecule has 1 aromatic heterocycles. The number of nitrogens with one attached hydrogen (secondary N) is 2. The molecule has 1 rings (SSSR count). The van der Waals surface area contributed by atoms with Crippen LogP contribution in [0.2, 0.25) is 0 Å². The zero-order valence-corrected chi connectivity index (χ0v) is 13.3. The second-order valence-corrected chi connectivity index (χ2v) is 6.87. The average molecular weight is 304 g/mol. The van der Waals surface area contributed by atoms with Gasteiger partial charge in [0.15, 0.2) is 0 Å². The van der Waals surface area contributed by atoms with Crippen molar-refractivity contribution in [2.24, 2.45) is 5.92 Å². The molecule has 1 atom stereocenters. The molecule has 0 saturated heterocycles. The second-order valence-electron chi connectivity index (χ2n) is 5.17. The van der Waals surface area contributed by atoms with Crippen LogP contribution in [0.25, 0.3) is 0 Å². The molecule has 7 heteroatoms. The molecular weight excluding hydrogens is 280 g/mol. The molecule has 0 aromatic carbocycles. The first-order valence-corrected chi connectivity index (χ1v) is 8.14. The Morgan fingerprint density at radius 3 is 2.60 bits per heavy atom. The number of rotatable bonds is 9. The van der Waals surface area contributed by atoms with Crippen LogP contribution in [0.3, 0.4) is 0 Å². The highest BCUT2D eigenvalue weighted by molar-refractivity contribution is 7.89. The minimum Gasteiger partial charge on any atom is -0.447 e. The Bertz CT molecular complexity index is 496. The summed E-state index contributed by atoms with van der Waals surface area (Å²) < 4.78 is 36.9. The first-order valence-electron chi connectivity index (χ1n) is 6.66. The Morgan fingerprint density at radius 2 is 2.00 bits per heavy atom. The third-order valence-corrected chi connectivity index (χ3v) is 3.96. The molecule has 0 aliphatic rings. The lowest BCUT2D eigenvalue weighted by Gasteiger charge is -2.10. The van der Waals surface area contributed by atoms with E-state index in [1.807, 2.05) is 20.8 Å². The second kappa shape index (κ2) is 7.78. The van der Waals surface area contributed by atoms with Crippen LogP contribution in [0, 0.1) is 5.92 Å². The number of hydrogen-bond donors (Lipinski definition) is 2. The molecule has 1 aromatic rings. The van der Waals surface area contributed by atoms with E-state index in [1.165, 1.54) is 6.07 Å². The number of ether oxygens (including phenoxy) is 1. The molecule has 2 N–H and O–H groups in total. The maximum absolute atomic E-state index is 12.0. The number of methoxy groups -OCH3 is 1. The maximum Gasteiger partial charge on any atom is 0.273 e. The minimum absolute atomic E-state index is 0.0531. The van der Waals surface area contributed by atoms with Gasteiger partial charge in [0, 0.05) is 26.3 Å². The van der Waals surface area contributed by atoms with Gasteiger partial charge >= 0.3 is 0 Å². The summed E-state index contributed by atoms with van der Waals surface area (Å²) in [6.07, 6.45) is 0. The van der Waals surface area contributed by atoms with Gasteiger partial charge in [-0.3, -0.25) is 0 Å². The average Bonchev–Trinajstić information content (AvgIpc) is 2.84. The summed E-state index contributed by atoms with van der Waals surface area (Å²) in [5.41, 5.74) is 0. The molecule has 116 valence electrons. The van der Waals surface area contributed by atoms with Crippen LogP contribution in [0.15, 0.2) is 21.6 Å². The van der Waals surface area contributed by atoms with Gasteiger partial charge in [-0.2, -0.15) is 0 Å². The SMILES string of the molecule is COCC(C)CNS(=O)(=O)c1ccc(CNC(C)C)o1. The topological polar surface area (TPSA) is 80.6 Å². The highest BCUT2D eigenvalue weighted by Gasteiger charge is 2.19. The van der Waals surface area contributed by atoms with Gasteiger partial charge in [0.2, 0.25) is 5.09 Å². The van der Waals surface area contributed by atoms with Crippen molar-refractivity contribution in [3.8, 4) is 0 Å². The molecule has 0 spiro atoms. The fourth-order valence-corrected chi connectivity index (χ4v) is 2.68. The van der Waals surface area contributed by atoms with Gasteiger partial charge in [-0.1, -0.05) is 20.8 Å². The summed E-state index contributed by atoms with van der Waals surface area (Å²) in [6.45, 7) is 7.26. The predicted molar refractivity (Wildman–Crippen MR) is 76.9 cm³/mol. The van der Waals surface area contributed by atoms with Gasteiger partial charge in [0.1, 0.15) is 5.76 Å². The maximum atomic E-state index is 12.0. The van der Waals surface area contributed by atoms with Crippen LogP contribution in [-0.4, -0.2) is 34.7 Å². The van der Waals surface area contributed by atoms with Crippen molar-refractivity contribution >= 4 is 10.0 Å². The Kier molecular flexibility index (Phi) is 6.67.